The number of carbonyl (C=O) groups excluding carboxylic acids is 1. The first-order valence-corrected chi connectivity index (χ1v) is 4.26. The number of carboxylic acids is 1. The van der Waals surface area contributed by atoms with E-state index in [-0.39, 0.29) is 17.9 Å². The first kappa shape index (κ1) is 11.9. The zero-order valence-electron chi connectivity index (χ0n) is 8.33. The second kappa shape index (κ2) is 4.84. The van der Waals surface area contributed by atoms with E-state index in [1.807, 2.05) is 20.8 Å². The van der Waals surface area contributed by atoms with Gasteiger partial charge in [0.2, 0.25) is 6.41 Å². The highest BCUT2D eigenvalue weighted by Gasteiger charge is 2.20. The Morgan fingerprint density at radius 3 is 2.38 bits per heavy atom. The van der Waals surface area contributed by atoms with E-state index in [1.165, 1.54) is 0 Å². The van der Waals surface area contributed by atoms with Crippen LogP contribution in [0.2, 0.25) is 0 Å². The van der Waals surface area contributed by atoms with Crippen molar-refractivity contribution >= 4 is 12.4 Å². The Bertz CT molecular complexity index is 184. The van der Waals surface area contributed by atoms with Crippen molar-refractivity contribution in [2.45, 2.75) is 39.7 Å². The summed E-state index contributed by atoms with van der Waals surface area (Å²) in [7, 11) is 0. The molecule has 0 rings (SSSR count). The minimum atomic E-state index is -0.886. The molecule has 4 nitrogen and oxygen atoms in total. The van der Waals surface area contributed by atoms with Crippen LogP contribution >= 0.6 is 0 Å². The van der Waals surface area contributed by atoms with E-state index in [0.717, 1.165) is 0 Å². The number of hydrogen-bond donors (Lipinski definition) is 2. The van der Waals surface area contributed by atoms with Gasteiger partial charge in [-0.3, -0.25) is 9.59 Å². The third-order valence-corrected chi connectivity index (χ3v) is 1.58. The molecule has 13 heavy (non-hydrogen) atoms. The summed E-state index contributed by atoms with van der Waals surface area (Å²) in [6.07, 6.45) is 1.20. The lowest BCUT2D eigenvalue weighted by molar-refractivity contribution is -0.137. The summed E-state index contributed by atoms with van der Waals surface area (Å²) >= 11 is 0. The minimum Gasteiger partial charge on any atom is -0.481 e. The molecule has 1 amide bonds. The lowest BCUT2D eigenvalue weighted by atomic mass is 9.87. The Balaban J connectivity index is 4.09. The molecule has 1 atom stereocenters. The second-order valence-corrected chi connectivity index (χ2v) is 4.34. The summed E-state index contributed by atoms with van der Waals surface area (Å²) in [5.74, 6) is -0.886. The van der Waals surface area contributed by atoms with Crippen LogP contribution < -0.4 is 5.32 Å². The van der Waals surface area contributed by atoms with Gasteiger partial charge in [-0.25, -0.2) is 0 Å². The maximum absolute atomic E-state index is 10.4. The minimum absolute atomic E-state index is 0.0178. The van der Waals surface area contributed by atoms with Gasteiger partial charge in [0.05, 0.1) is 6.42 Å². The van der Waals surface area contributed by atoms with Gasteiger partial charge in [0, 0.05) is 6.04 Å². The fourth-order valence-corrected chi connectivity index (χ4v) is 1.24. The lowest BCUT2D eigenvalue weighted by Crippen LogP contribution is -2.33. The zero-order valence-corrected chi connectivity index (χ0v) is 8.33. The molecule has 0 fully saturated rings. The van der Waals surface area contributed by atoms with Crippen LogP contribution in [0, 0.1) is 5.41 Å². The van der Waals surface area contributed by atoms with Crippen molar-refractivity contribution in [2.75, 3.05) is 0 Å². The van der Waals surface area contributed by atoms with Gasteiger partial charge in [-0.15, -0.1) is 0 Å². The summed E-state index contributed by atoms with van der Waals surface area (Å²) in [5, 5.41) is 11.1. The van der Waals surface area contributed by atoms with Crippen LogP contribution in [0.3, 0.4) is 0 Å². The molecule has 0 heterocycles. The van der Waals surface area contributed by atoms with Crippen LogP contribution in [0.25, 0.3) is 0 Å². The van der Waals surface area contributed by atoms with Crippen LogP contribution in [0.4, 0.5) is 0 Å². The standard InChI is InChI=1S/C9H17NO3/c1-9(2,3)5-7(10-6-11)4-8(12)13/h6-7H,4-5H2,1-3H3,(H,10,11)(H,12,13). The second-order valence-electron chi connectivity index (χ2n) is 4.34. The van der Waals surface area contributed by atoms with Crippen molar-refractivity contribution in [3.63, 3.8) is 0 Å². The van der Waals surface area contributed by atoms with Gasteiger partial charge < -0.3 is 10.4 Å². The van der Waals surface area contributed by atoms with E-state index in [2.05, 4.69) is 5.32 Å². The average Bonchev–Trinajstić information content (AvgIpc) is 1.81. The van der Waals surface area contributed by atoms with Crippen molar-refractivity contribution in [2.24, 2.45) is 5.41 Å². The van der Waals surface area contributed by atoms with Crippen molar-refractivity contribution in [3.8, 4) is 0 Å². The molecule has 76 valence electrons. The van der Waals surface area contributed by atoms with Gasteiger partial charge in [-0.05, 0) is 11.8 Å². The molecular formula is C9H17NO3. The van der Waals surface area contributed by atoms with E-state index >= 15 is 0 Å². The van der Waals surface area contributed by atoms with Gasteiger partial charge in [-0.2, -0.15) is 0 Å². The van der Waals surface area contributed by atoms with Crippen molar-refractivity contribution in [1.82, 2.24) is 5.32 Å². The summed E-state index contributed by atoms with van der Waals surface area (Å²) in [6.45, 7) is 6.02. The van der Waals surface area contributed by atoms with Gasteiger partial charge >= 0.3 is 5.97 Å². The number of amides is 1. The van der Waals surface area contributed by atoms with Crippen molar-refractivity contribution in [3.05, 3.63) is 0 Å². The molecule has 2 N–H and O–H groups in total. The van der Waals surface area contributed by atoms with Gasteiger partial charge in [0.15, 0.2) is 0 Å². The number of carboxylic acid groups (broad SMARTS) is 1. The molecule has 0 spiro atoms. The molecule has 0 aliphatic rings. The first-order chi connectivity index (χ1) is 5.85. The Morgan fingerprint density at radius 2 is 2.08 bits per heavy atom. The maximum atomic E-state index is 10.4. The van der Waals surface area contributed by atoms with Crippen molar-refractivity contribution in [1.29, 1.82) is 0 Å². The average molecular weight is 187 g/mol. The molecule has 0 bridgehead atoms. The van der Waals surface area contributed by atoms with Gasteiger partial charge in [0.25, 0.3) is 0 Å². The van der Waals surface area contributed by atoms with Gasteiger partial charge in [-0.1, -0.05) is 20.8 Å². The smallest absolute Gasteiger partial charge is 0.305 e. The largest absolute Gasteiger partial charge is 0.481 e. The van der Waals surface area contributed by atoms with E-state index in [9.17, 15) is 9.59 Å². The predicted molar refractivity (Wildman–Crippen MR) is 49.3 cm³/mol. The topological polar surface area (TPSA) is 66.4 Å². The molecule has 0 saturated heterocycles. The highest BCUT2D eigenvalue weighted by Crippen LogP contribution is 2.21. The summed E-state index contributed by atoms with van der Waals surface area (Å²) < 4.78 is 0. The van der Waals surface area contributed by atoms with Crippen LogP contribution in [-0.4, -0.2) is 23.5 Å². The first-order valence-electron chi connectivity index (χ1n) is 4.26. The highest BCUT2D eigenvalue weighted by atomic mass is 16.4. The lowest BCUT2D eigenvalue weighted by Gasteiger charge is -2.24. The number of nitrogens with one attached hydrogen (secondary N) is 1. The Kier molecular flexibility index (Phi) is 4.45. The molecule has 0 aromatic carbocycles. The fraction of sp³-hybridized carbons (Fsp3) is 0.778. The van der Waals surface area contributed by atoms with E-state index in [4.69, 9.17) is 5.11 Å². The summed E-state index contributed by atoms with van der Waals surface area (Å²) in [4.78, 5) is 20.6. The maximum Gasteiger partial charge on any atom is 0.305 e. The number of carbonyl (C=O) groups is 2. The monoisotopic (exact) mass is 187 g/mol. The van der Waals surface area contributed by atoms with Crippen LogP contribution in [0.15, 0.2) is 0 Å². The number of aliphatic carboxylic acids is 1. The Hall–Kier alpha value is -1.06. The van der Waals surface area contributed by atoms with Crippen LogP contribution in [0.1, 0.15) is 33.6 Å². The quantitative estimate of drug-likeness (QED) is 0.631. The summed E-state index contributed by atoms with van der Waals surface area (Å²) in [6, 6.07) is -0.269. The van der Waals surface area contributed by atoms with Crippen LogP contribution in [0.5, 0.6) is 0 Å². The fourth-order valence-electron chi connectivity index (χ4n) is 1.24. The molecule has 0 aliphatic heterocycles. The third kappa shape index (κ3) is 7.31. The van der Waals surface area contributed by atoms with Crippen molar-refractivity contribution < 1.29 is 14.7 Å². The Labute approximate surface area is 78.3 Å². The molecule has 4 heteroatoms. The molecule has 0 aromatic rings. The third-order valence-electron chi connectivity index (χ3n) is 1.58. The molecule has 0 radical (unpaired) electrons. The van der Waals surface area contributed by atoms with Gasteiger partial charge in [0.1, 0.15) is 0 Å². The normalized spacial score (nSPS) is 13.5. The molecule has 0 saturated carbocycles. The van der Waals surface area contributed by atoms with Crippen LogP contribution in [-0.2, 0) is 9.59 Å². The van der Waals surface area contributed by atoms with E-state index < -0.39 is 5.97 Å². The predicted octanol–water partition coefficient (Wildman–Crippen LogP) is 1.01. The number of rotatable bonds is 5. The molecule has 0 aromatic heterocycles. The number of hydrogen-bond acceptors (Lipinski definition) is 2. The SMILES string of the molecule is CC(C)(C)CC(CC(=O)O)NC=O. The zero-order chi connectivity index (χ0) is 10.5. The highest BCUT2D eigenvalue weighted by molar-refractivity contribution is 5.68. The van der Waals surface area contributed by atoms with E-state index in [0.29, 0.717) is 12.8 Å². The molecule has 1 unspecified atom stereocenters. The molecular weight excluding hydrogens is 170 g/mol. The molecule has 0 aliphatic carbocycles. The van der Waals surface area contributed by atoms with E-state index in [1.54, 1.807) is 0 Å². The Morgan fingerprint density at radius 1 is 1.54 bits per heavy atom. The summed E-state index contributed by atoms with van der Waals surface area (Å²) in [5.41, 5.74) is 0.0239.